The molecule has 1 fully saturated rings. The number of nitrogens with zero attached hydrogens (tertiary/aromatic N) is 3. The standard InChI is InChI=1S/C17H15BrN4O2S/c18-16-20-21-17(25-9-15(23)24-19)22(16)14-8-7-11(10-5-6-10)12-3-1-2-4-13(12)14/h1-4,7-8,10H,5-6,9,19H2. The minimum absolute atomic E-state index is 0.0692. The van der Waals surface area contributed by atoms with Gasteiger partial charge in [0, 0.05) is 5.39 Å². The summed E-state index contributed by atoms with van der Waals surface area (Å²) in [5.41, 5.74) is 2.37. The van der Waals surface area contributed by atoms with Crippen molar-refractivity contribution in [3.8, 4) is 5.69 Å². The monoisotopic (exact) mass is 418 g/mol. The van der Waals surface area contributed by atoms with E-state index in [-0.39, 0.29) is 5.75 Å². The maximum Gasteiger partial charge on any atom is 0.334 e. The molecule has 4 rings (SSSR count). The summed E-state index contributed by atoms with van der Waals surface area (Å²) in [7, 11) is 0. The van der Waals surface area contributed by atoms with E-state index in [0.717, 1.165) is 11.1 Å². The van der Waals surface area contributed by atoms with Crippen LogP contribution in [0, 0.1) is 0 Å². The Balaban J connectivity index is 1.81. The number of halogens is 1. The van der Waals surface area contributed by atoms with Crippen molar-refractivity contribution in [3.63, 3.8) is 0 Å². The number of aromatic nitrogens is 3. The van der Waals surface area contributed by atoms with Crippen molar-refractivity contribution >= 4 is 44.4 Å². The first-order valence-corrected chi connectivity index (χ1v) is 9.62. The first kappa shape index (κ1) is 16.6. The van der Waals surface area contributed by atoms with E-state index in [1.54, 1.807) is 0 Å². The molecule has 0 aliphatic heterocycles. The zero-order valence-electron chi connectivity index (χ0n) is 13.2. The van der Waals surface area contributed by atoms with Gasteiger partial charge in [0.2, 0.25) is 4.73 Å². The van der Waals surface area contributed by atoms with Crippen molar-refractivity contribution < 1.29 is 9.63 Å². The van der Waals surface area contributed by atoms with Gasteiger partial charge in [-0.05, 0) is 51.7 Å². The van der Waals surface area contributed by atoms with Gasteiger partial charge in [-0.3, -0.25) is 4.57 Å². The number of nitrogens with two attached hydrogens (primary N) is 1. The Kier molecular flexibility index (Phi) is 4.49. The molecule has 25 heavy (non-hydrogen) atoms. The van der Waals surface area contributed by atoms with E-state index < -0.39 is 5.97 Å². The number of thioether (sulfide) groups is 1. The Bertz CT molecular complexity index is 955. The maximum atomic E-state index is 11.3. The molecule has 2 N–H and O–H groups in total. The number of benzene rings is 2. The SMILES string of the molecule is NOC(=O)CSc1nnc(Br)n1-c1ccc(C2CC2)c2ccccc12. The molecule has 0 unspecified atom stereocenters. The highest BCUT2D eigenvalue weighted by Crippen LogP contribution is 2.44. The van der Waals surface area contributed by atoms with Crippen LogP contribution in [-0.2, 0) is 9.63 Å². The quantitative estimate of drug-likeness (QED) is 0.503. The topological polar surface area (TPSA) is 83.0 Å². The minimum Gasteiger partial charge on any atom is -0.373 e. The third-order valence-electron chi connectivity index (χ3n) is 4.24. The van der Waals surface area contributed by atoms with E-state index in [1.807, 2.05) is 10.6 Å². The number of carbonyl (C=O) groups is 1. The number of rotatable bonds is 5. The highest BCUT2D eigenvalue weighted by molar-refractivity contribution is 9.10. The fourth-order valence-electron chi connectivity index (χ4n) is 2.96. The average molecular weight is 419 g/mol. The molecule has 0 amide bonds. The molecule has 0 spiro atoms. The van der Waals surface area contributed by atoms with Crippen LogP contribution in [0.2, 0.25) is 0 Å². The molecule has 3 aromatic rings. The van der Waals surface area contributed by atoms with Crippen molar-refractivity contribution in [1.29, 1.82) is 0 Å². The smallest absolute Gasteiger partial charge is 0.334 e. The number of hydrogen-bond donors (Lipinski definition) is 1. The van der Waals surface area contributed by atoms with Gasteiger partial charge in [-0.25, -0.2) is 4.79 Å². The molecule has 1 heterocycles. The second kappa shape index (κ2) is 6.78. The summed E-state index contributed by atoms with van der Waals surface area (Å²) < 4.78 is 2.48. The van der Waals surface area contributed by atoms with Crippen LogP contribution in [0.5, 0.6) is 0 Å². The number of hydrogen-bond acceptors (Lipinski definition) is 6. The molecule has 0 saturated heterocycles. The van der Waals surface area contributed by atoms with Gasteiger partial charge in [-0.1, -0.05) is 42.1 Å². The van der Waals surface area contributed by atoms with E-state index in [0.29, 0.717) is 15.8 Å². The summed E-state index contributed by atoms with van der Waals surface area (Å²) in [5, 5.41) is 11.2. The van der Waals surface area contributed by atoms with Gasteiger partial charge >= 0.3 is 5.97 Å². The Morgan fingerprint density at radius 1 is 1.24 bits per heavy atom. The van der Waals surface area contributed by atoms with Crippen molar-refractivity contribution in [2.24, 2.45) is 5.90 Å². The summed E-state index contributed by atoms with van der Waals surface area (Å²) in [6.07, 6.45) is 2.50. The van der Waals surface area contributed by atoms with Gasteiger partial charge in [0.05, 0.1) is 5.69 Å². The highest BCUT2D eigenvalue weighted by atomic mass is 79.9. The van der Waals surface area contributed by atoms with Crippen LogP contribution < -0.4 is 5.90 Å². The zero-order chi connectivity index (χ0) is 17.4. The van der Waals surface area contributed by atoms with Crippen LogP contribution in [0.4, 0.5) is 0 Å². The molecule has 128 valence electrons. The normalized spacial score (nSPS) is 14.0. The average Bonchev–Trinajstić information content (AvgIpc) is 3.42. The maximum absolute atomic E-state index is 11.3. The van der Waals surface area contributed by atoms with Crippen molar-refractivity contribution in [3.05, 3.63) is 46.7 Å². The van der Waals surface area contributed by atoms with Crippen LogP contribution >= 0.6 is 27.7 Å². The molecular weight excluding hydrogens is 404 g/mol. The lowest BCUT2D eigenvalue weighted by Crippen LogP contribution is -2.12. The zero-order valence-corrected chi connectivity index (χ0v) is 15.6. The van der Waals surface area contributed by atoms with Crippen LogP contribution in [-0.4, -0.2) is 26.5 Å². The van der Waals surface area contributed by atoms with E-state index in [2.05, 4.69) is 61.3 Å². The van der Waals surface area contributed by atoms with Crippen LogP contribution in [0.3, 0.4) is 0 Å². The number of fused-ring (bicyclic) bond motifs is 1. The van der Waals surface area contributed by atoms with Gasteiger partial charge in [0.25, 0.3) is 0 Å². The molecule has 0 radical (unpaired) electrons. The lowest BCUT2D eigenvalue weighted by atomic mass is 9.99. The first-order chi connectivity index (χ1) is 12.2. The van der Waals surface area contributed by atoms with E-state index in [4.69, 9.17) is 5.90 Å². The minimum atomic E-state index is -0.510. The summed E-state index contributed by atoms with van der Waals surface area (Å²) in [5.74, 6) is 5.12. The second-order valence-electron chi connectivity index (χ2n) is 5.86. The van der Waals surface area contributed by atoms with Crippen LogP contribution in [0.25, 0.3) is 16.5 Å². The summed E-state index contributed by atoms with van der Waals surface area (Å²) >= 11 is 4.69. The third-order valence-corrected chi connectivity index (χ3v) is 5.65. The molecule has 6 nitrogen and oxygen atoms in total. The van der Waals surface area contributed by atoms with Gasteiger partial charge < -0.3 is 4.84 Å². The molecule has 0 atom stereocenters. The van der Waals surface area contributed by atoms with E-state index in [9.17, 15) is 4.79 Å². The fourth-order valence-corrected chi connectivity index (χ4v) is 4.24. The third kappa shape index (κ3) is 3.17. The molecule has 1 aliphatic rings. The first-order valence-electron chi connectivity index (χ1n) is 7.84. The summed E-state index contributed by atoms with van der Waals surface area (Å²) in [6.45, 7) is 0. The number of carbonyl (C=O) groups excluding carboxylic acids is 1. The lowest BCUT2D eigenvalue weighted by molar-refractivity contribution is -0.140. The molecule has 2 aromatic carbocycles. The molecular formula is C17H15BrN4O2S. The molecule has 1 saturated carbocycles. The highest BCUT2D eigenvalue weighted by Gasteiger charge is 2.26. The van der Waals surface area contributed by atoms with E-state index in [1.165, 1.54) is 35.6 Å². The summed E-state index contributed by atoms with van der Waals surface area (Å²) in [6, 6.07) is 12.6. The Morgan fingerprint density at radius 2 is 2.00 bits per heavy atom. The predicted molar refractivity (Wildman–Crippen MR) is 99.5 cm³/mol. The van der Waals surface area contributed by atoms with Crippen molar-refractivity contribution in [2.45, 2.75) is 23.9 Å². The van der Waals surface area contributed by atoms with Crippen molar-refractivity contribution in [2.75, 3.05) is 5.75 Å². The van der Waals surface area contributed by atoms with Crippen LogP contribution in [0.15, 0.2) is 46.3 Å². The summed E-state index contributed by atoms with van der Waals surface area (Å²) in [4.78, 5) is 15.6. The molecule has 8 heteroatoms. The van der Waals surface area contributed by atoms with Gasteiger partial charge in [0.1, 0.15) is 5.75 Å². The lowest BCUT2D eigenvalue weighted by Gasteiger charge is -2.13. The van der Waals surface area contributed by atoms with E-state index >= 15 is 0 Å². The van der Waals surface area contributed by atoms with Gasteiger partial charge in [-0.15, -0.1) is 10.2 Å². The van der Waals surface area contributed by atoms with Crippen LogP contribution in [0.1, 0.15) is 24.3 Å². The van der Waals surface area contributed by atoms with Crippen molar-refractivity contribution in [1.82, 2.24) is 14.8 Å². The molecule has 1 aliphatic carbocycles. The predicted octanol–water partition coefficient (Wildman–Crippen LogP) is 3.57. The second-order valence-corrected chi connectivity index (χ2v) is 7.51. The van der Waals surface area contributed by atoms with Gasteiger partial charge in [-0.2, -0.15) is 5.90 Å². The molecule has 1 aromatic heterocycles. The fraction of sp³-hybridized carbons (Fsp3) is 0.235. The largest absolute Gasteiger partial charge is 0.373 e. The Hall–Kier alpha value is -1.90. The Morgan fingerprint density at radius 3 is 2.72 bits per heavy atom. The molecule has 0 bridgehead atoms. The Labute approximate surface area is 156 Å². The van der Waals surface area contributed by atoms with Gasteiger partial charge in [0.15, 0.2) is 5.16 Å².